The van der Waals surface area contributed by atoms with Crippen LogP contribution in [0.3, 0.4) is 0 Å². The third kappa shape index (κ3) is 4.40. The summed E-state index contributed by atoms with van der Waals surface area (Å²) < 4.78 is 4.83. The van der Waals surface area contributed by atoms with E-state index in [0.717, 1.165) is 13.1 Å². The van der Waals surface area contributed by atoms with Gasteiger partial charge in [-0.3, -0.25) is 0 Å². The van der Waals surface area contributed by atoms with Crippen LogP contribution in [0.25, 0.3) is 0 Å². The first-order valence-corrected chi connectivity index (χ1v) is 6.93. The number of nitrogens with zero attached hydrogens (tertiary/aromatic N) is 2. The Hall–Kier alpha value is -1.78. The molecule has 1 aromatic rings. The highest BCUT2D eigenvalue weighted by Crippen LogP contribution is 2.23. The Labute approximate surface area is 121 Å². The number of nitrogens with two attached hydrogens (primary N) is 1. The van der Waals surface area contributed by atoms with E-state index in [-0.39, 0.29) is 0 Å². The predicted molar refractivity (Wildman–Crippen MR) is 81.9 cm³/mol. The molecule has 0 fully saturated rings. The number of ether oxygens (including phenoxy) is 1. The Bertz CT molecular complexity index is 448. The van der Waals surface area contributed by atoms with Crippen molar-refractivity contribution < 1.29 is 9.53 Å². The molecule has 0 saturated carbocycles. The smallest absolute Gasteiger partial charge is 0.341 e. The van der Waals surface area contributed by atoms with Crippen LogP contribution in [0, 0.1) is 11.8 Å². The molecule has 0 unspecified atom stereocenters. The van der Waals surface area contributed by atoms with Crippen LogP contribution >= 0.6 is 0 Å². The molecular formula is C15H25N3O2. The van der Waals surface area contributed by atoms with Gasteiger partial charge in [0.2, 0.25) is 0 Å². The van der Waals surface area contributed by atoms with Crippen molar-refractivity contribution >= 4 is 17.5 Å². The third-order valence-electron chi connectivity index (χ3n) is 2.76. The van der Waals surface area contributed by atoms with Crippen molar-refractivity contribution in [2.45, 2.75) is 27.7 Å². The normalized spacial score (nSPS) is 10.9. The largest absolute Gasteiger partial charge is 0.465 e. The van der Waals surface area contributed by atoms with E-state index >= 15 is 0 Å². The second kappa shape index (κ2) is 7.12. The number of carbonyl (C=O) groups excluding carboxylic acids is 1. The van der Waals surface area contributed by atoms with Crippen molar-refractivity contribution in [3.05, 3.63) is 17.8 Å². The van der Waals surface area contributed by atoms with Crippen LogP contribution in [-0.4, -0.2) is 31.2 Å². The standard InChI is InChI=1S/C15H25N3O2/c1-10(2)8-18(9-11(3)4)14-13(15(19)20-5)6-12(16)7-17-14/h6-7,10-11H,8-9,16H2,1-5H3. The van der Waals surface area contributed by atoms with Crippen LogP contribution in [0.1, 0.15) is 38.1 Å². The molecule has 2 N–H and O–H groups in total. The van der Waals surface area contributed by atoms with E-state index in [1.165, 1.54) is 7.11 Å². The summed E-state index contributed by atoms with van der Waals surface area (Å²) in [5.74, 6) is 1.18. The minimum Gasteiger partial charge on any atom is -0.465 e. The predicted octanol–water partition coefficient (Wildman–Crippen LogP) is 2.57. The average molecular weight is 279 g/mol. The summed E-state index contributed by atoms with van der Waals surface area (Å²) in [5.41, 5.74) is 6.62. The quantitative estimate of drug-likeness (QED) is 0.811. The zero-order chi connectivity index (χ0) is 15.3. The fraction of sp³-hybridized carbons (Fsp3) is 0.600. The number of hydrogen-bond acceptors (Lipinski definition) is 5. The van der Waals surface area contributed by atoms with Crippen molar-refractivity contribution in [3.63, 3.8) is 0 Å². The molecule has 0 atom stereocenters. The Kier molecular flexibility index (Phi) is 5.80. The first kappa shape index (κ1) is 16.3. The number of hydrogen-bond donors (Lipinski definition) is 1. The van der Waals surface area contributed by atoms with Crippen LogP contribution in [-0.2, 0) is 4.74 Å². The molecule has 0 spiro atoms. The molecule has 1 aromatic heterocycles. The maximum atomic E-state index is 11.9. The number of aromatic nitrogens is 1. The Balaban J connectivity index is 3.20. The van der Waals surface area contributed by atoms with Gasteiger partial charge in [0, 0.05) is 13.1 Å². The molecule has 112 valence electrons. The molecule has 20 heavy (non-hydrogen) atoms. The number of pyridine rings is 1. The van der Waals surface area contributed by atoms with Crippen LogP contribution in [0.2, 0.25) is 0 Å². The number of methoxy groups -OCH3 is 1. The minimum absolute atomic E-state index is 0.405. The summed E-state index contributed by atoms with van der Waals surface area (Å²) >= 11 is 0. The van der Waals surface area contributed by atoms with Gasteiger partial charge < -0.3 is 15.4 Å². The van der Waals surface area contributed by atoms with Gasteiger partial charge in [0.25, 0.3) is 0 Å². The van der Waals surface area contributed by atoms with Gasteiger partial charge in [-0.1, -0.05) is 27.7 Å². The Morgan fingerprint density at radius 2 is 1.85 bits per heavy atom. The van der Waals surface area contributed by atoms with Gasteiger partial charge in [-0.05, 0) is 17.9 Å². The third-order valence-corrected chi connectivity index (χ3v) is 2.76. The van der Waals surface area contributed by atoms with Gasteiger partial charge in [-0.25, -0.2) is 9.78 Å². The van der Waals surface area contributed by atoms with Gasteiger partial charge in [-0.15, -0.1) is 0 Å². The highest BCUT2D eigenvalue weighted by atomic mass is 16.5. The van der Waals surface area contributed by atoms with E-state index in [4.69, 9.17) is 10.5 Å². The second-order valence-corrected chi connectivity index (χ2v) is 5.82. The van der Waals surface area contributed by atoms with Gasteiger partial charge in [0.1, 0.15) is 11.4 Å². The van der Waals surface area contributed by atoms with Crippen LogP contribution in [0.5, 0.6) is 0 Å². The molecule has 0 aliphatic rings. The maximum Gasteiger partial charge on any atom is 0.341 e. The summed E-state index contributed by atoms with van der Waals surface area (Å²) in [6, 6.07) is 1.63. The van der Waals surface area contributed by atoms with Crippen LogP contribution in [0.15, 0.2) is 12.3 Å². The Morgan fingerprint density at radius 1 is 1.30 bits per heavy atom. The fourth-order valence-electron chi connectivity index (χ4n) is 2.11. The van der Waals surface area contributed by atoms with E-state index in [9.17, 15) is 4.79 Å². The van der Waals surface area contributed by atoms with Gasteiger partial charge in [-0.2, -0.15) is 0 Å². The zero-order valence-electron chi connectivity index (χ0n) is 13.0. The van der Waals surface area contributed by atoms with Crippen molar-refractivity contribution in [1.82, 2.24) is 4.98 Å². The highest BCUT2D eigenvalue weighted by Gasteiger charge is 2.20. The summed E-state index contributed by atoms with van der Waals surface area (Å²) in [5, 5.41) is 0. The molecule has 0 bridgehead atoms. The molecule has 5 nitrogen and oxygen atoms in total. The Morgan fingerprint density at radius 3 is 2.30 bits per heavy atom. The van der Waals surface area contributed by atoms with E-state index in [1.54, 1.807) is 12.3 Å². The monoisotopic (exact) mass is 279 g/mol. The molecule has 0 aliphatic carbocycles. The maximum absolute atomic E-state index is 11.9. The van der Waals surface area contributed by atoms with E-state index < -0.39 is 5.97 Å². The fourth-order valence-corrected chi connectivity index (χ4v) is 2.11. The molecular weight excluding hydrogens is 254 g/mol. The van der Waals surface area contributed by atoms with Crippen LogP contribution < -0.4 is 10.6 Å². The lowest BCUT2D eigenvalue weighted by atomic mass is 10.1. The van der Waals surface area contributed by atoms with Crippen molar-refractivity contribution in [1.29, 1.82) is 0 Å². The summed E-state index contributed by atoms with van der Waals surface area (Å²) in [7, 11) is 1.37. The van der Waals surface area contributed by atoms with Crippen molar-refractivity contribution in [2.24, 2.45) is 11.8 Å². The van der Waals surface area contributed by atoms with Crippen molar-refractivity contribution in [2.75, 3.05) is 30.8 Å². The van der Waals surface area contributed by atoms with E-state index in [2.05, 4.69) is 37.6 Å². The molecule has 0 amide bonds. The van der Waals surface area contributed by atoms with Gasteiger partial charge in [0.15, 0.2) is 0 Å². The molecule has 0 aromatic carbocycles. The number of nitrogen functional groups attached to an aromatic ring is 1. The lowest BCUT2D eigenvalue weighted by Gasteiger charge is -2.28. The minimum atomic E-state index is -0.405. The molecule has 1 rings (SSSR count). The average Bonchev–Trinajstić information content (AvgIpc) is 2.35. The number of rotatable bonds is 6. The SMILES string of the molecule is COC(=O)c1cc(N)cnc1N(CC(C)C)CC(C)C. The lowest BCUT2D eigenvalue weighted by molar-refractivity contribution is 0.0601. The topological polar surface area (TPSA) is 68.5 Å². The summed E-state index contributed by atoms with van der Waals surface area (Å²) in [6.45, 7) is 10.2. The van der Waals surface area contributed by atoms with E-state index in [0.29, 0.717) is 28.9 Å². The molecule has 0 aliphatic heterocycles. The second-order valence-electron chi connectivity index (χ2n) is 5.82. The first-order valence-electron chi connectivity index (χ1n) is 6.93. The number of carbonyl (C=O) groups is 1. The van der Waals surface area contributed by atoms with E-state index in [1.807, 2.05) is 0 Å². The lowest BCUT2D eigenvalue weighted by Crippen LogP contribution is -2.33. The van der Waals surface area contributed by atoms with Gasteiger partial charge >= 0.3 is 5.97 Å². The molecule has 5 heteroatoms. The first-order chi connectivity index (χ1) is 9.35. The number of anilines is 2. The van der Waals surface area contributed by atoms with Crippen LogP contribution in [0.4, 0.5) is 11.5 Å². The zero-order valence-corrected chi connectivity index (χ0v) is 13.0. The number of esters is 1. The molecule has 1 heterocycles. The summed E-state index contributed by atoms with van der Waals surface area (Å²) in [4.78, 5) is 18.4. The highest BCUT2D eigenvalue weighted by molar-refractivity contribution is 5.95. The summed E-state index contributed by atoms with van der Waals surface area (Å²) in [6.07, 6.45) is 1.58. The molecule has 0 radical (unpaired) electrons. The van der Waals surface area contributed by atoms with Gasteiger partial charge in [0.05, 0.1) is 19.0 Å². The molecule has 0 saturated heterocycles. The van der Waals surface area contributed by atoms with Crippen molar-refractivity contribution in [3.8, 4) is 0 Å².